The van der Waals surface area contributed by atoms with E-state index in [1.165, 1.54) is 10.6 Å². The van der Waals surface area contributed by atoms with Gasteiger partial charge in [0.1, 0.15) is 11.6 Å². The summed E-state index contributed by atoms with van der Waals surface area (Å²) in [6.07, 6.45) is 1.06. The molecule has 0 saturated heterocycles. The summed E-state index contributed by atoms with van der Waals surface area (Å²) in [7, 11) is -1.86. The maximum atomic E-state index is 12.9. The topological polar surface area (TPSA) is 90.3 Å². The minimum atomic E-state index is -3.43. The van der Waals surface area contributed by atoms with Gasteiger partial charge in [-0.05, 0) is 49.4 Å². The van der Waals surface area contributed by atoms with E-state index in [1.807, 2.05) is 0 Å². The average molecular weight is 359 g/mol. The molecule has 2 aromatic carbocycles. The molecule has 25 heavy (non-hydrogen) atoms. The molecule has 0 aliphatic heterocycles. The van der Waals surface area contributed by atoms with E-state index in [4.69, 9.17) is 4.74 Å². The van der Waals surface area contributed by atoms with E-state index in [0.29, 0.717) is 33.9 Å². The smallest absolute Gasteiger partial charge is 0.266 e. The predicted octanol–water partition coefficient (Wildman–Crippen LogP) is 2.07. The highest BCUT2D eigenvalue weighted by molar-refractivity contribution is 7.92. The summed E-state index contributed by atoms with van der Waals surface area (Å²) >= 11 is 0. The molecular formula is C17H17N3O4S. The van der Waals surface area contributed by atoms with Crippen LogP contribution in [-0.2, 0) is 10.0 Å². The number of hydrogen-bond acceptors (Lipinski definition) is 5. The van der Waals surface area contributed by atoms with Gasteiger partial charge < -0.3 is 4.74 Å². The summed E-state index contributed by atoms with van der Waals surface area (Å²) in [6.45, 7) is 1.74. The molecule has 0 aliphatic carbocycles. The molecule has 7 nitrogen and oxygen atoms in total. The van der Waals surface area contributed by atoms with Gasteiger partial charge in [0.25, 0.3) is 5.56 Å². The minimum absolute atomic E-state index is 0.273. The quantitative estimate of drug-likeness (QED) is 0.770. The van der Waals surface area contributed by atoms with Crippen LogP contribution in [0.1, 0.15) is 5.82 Å². The van der Waals surface area contributed by atoms with Crippen LogP contribution in [0.15, 0.2) is 47.3 Å². The summed E-state index contributed by atoms with van der Waals surface area (Å²) < 4.78 is 31.8. The second-order valence-corrected chi connectivity index (χ2v) is 7.35. The molecule has 0 spiro atoms. The average Bonchev–Trinajstić information content (AvgIpc) is 2.55. The van der Waals surface area contributed by atoms with E-state index in [-0.39, 0.29) is 5.56 Å². The first-order valence-corrected chi connectivity index (χ1v) is 9.33. The Bertz CT molecular complexity index is 1100. The zero-order valence-corrected chi connectivity index (χ0v) is 14.8. The van der Waals surface area contributed by atoms with Gasteiger partial charge in [-0.3, -0.25) is 14.1 Å². The molecule has 3 rings (SSSR count). The van der Waals surface area contributed by atoms with Crippen molar-refractivity contribution in [2.45, 2.75) is 6.92 Å². The van der Waals surface area contributed by atoms with Crippen molar-refractivity contribution in [2.24, 2.45) is 0 Å². The standard InChI is InChI=1S/C17H17N3O4S/c1-11-18-16-9-4-12(19-25(3,22)23)10-15(16)17(21)20(11)13-5-7-14(24-2)8-6-13/h4-10,19H,1-3H3. The largest absolute Gasteiger partial charge is 0.497 e. The Labute approximate surface area is 144 Å². The Morgan fingerprint density at radius 2 is 1.80 bits per heavy atom. The van der Waals surface area contributed by atoms with Gasteiger partial charge in [0.05, 0.1) is 30.0 Å². The van der Waals surface area contributed by atoms with Crippen LogP contribution in [-0.4, -0.2) is 31.3 Å². The fraction of sp³-hybridized carbons (Fsp3) is 0.176. The van der Waals surface area contributed by atoms with E-state index in [9.17, 15) is 13.2 Å². The number of nitrogens with zero attached hydrogens (tertiary/aromatic N) is 2. The summed E-state index contributed by atoms with van der Waals surface area (Å²) in [5, 5.41) is 0.329. The van der Waals surface area contributed by atoms with Crippen molar-refractivity contribution < 1.29 is 13.2 Å². The van der Waals surface area contributed by atoms with Crippen LogP contribution in [0.2, 0.25) is 0 Å². The first-order chi connectivity index (χ1) is 11.8. The number of benzene rings is 2. The van der Waals surface area contributed by atoms with Crippen molar-refractivity contribution in [2.75, 3.05) is 18.1 Å². The molecule has 130 valence electrons. The molecule has 8 heteroatoms. The second kappa shape index (κ2) is 6.21. The Hall–Kier alpha value is -2.87. The van der Waals surface area contributed by atoms with Crippen LogP contribution in [0, 0.1) is 6.92 Å². The lowest BCUT2D eigenvalue weighted by molar-refractivity contribution is 0.414. The highest BCUT2D eigenvalue weighted by Gasteiger charge is 2.12. The summed E-state index contributed by atoms with van der Waals surface area (Å²) in [5.74, 6) is 1.22. The highest BCUT2D eigenvalue weighted by atomic mass is 32.2. The SMILES string of the molecule is COc1ccc(-n2c(C)nc3ccc(NS(C)(=O)=O)cc3c2=O)cc1. The lowest BCUT2D eigenvalue weighted by atomic mass is 10.2. The van der Waals surface area contributed by atoms with E-state index in [2.05, 4.69) is 9.71 Å². The van der Waals surface area contributed by atoms with E-state index < -0.39 is 10.0 Å². The van der Waals surface area contributed by atoms with E-state index in [0.717, 1.165) is 6.26 Å². The van der Waals surface area contributed by atoms with Gasteiger partial charge in [-0.25, -0.2) is 13.4 Å². The molecule has 0 aliphatic rings. The van der Waals surface area contributed by atoms with Gasteiger partial charge in [-0.2, -0.15) is 0 Å². The molecule has 3 aromatic rings. The molecule has 0 unspecified atom stereocenters. The molecule has 1 aromatic heterocycles. The third-order valence-electron chi connectivity index (χ3n) is 3.67. The van der Waals surface area contributed by atoms with Crippen LogP contribution in [0.5, 0.6) is 5.75 Å². The molecule has 0 fully saturated rings. The Balaban J connectivity index is 2.20. The second-order valence-electron chi connectivity index (χ2n) is 5.60. The first kappa shape index (κ1) is 17.0. The number of aryl methyl sites for hydroxylation is 1. The van der Waals surface area contributed by atoms with Gasteiger partial charge >= 0.3 is 0 Å². The Morgan fingerprint density at radius 1 is 1.12 bits per heavy atom. The van der Waals surface area contributed by atoms with Gasteiger partial charge in [-0.15, -0.1) is 0 Å². The number of rotatable bonds is 4. The minimum Gasteiger partial charge on any atom is -0.497 e. The Morgan fingerprint density at radius 3 is 2.40 bits per heavy atom. The predicted molar refractivity (Wildman–Crippen MR) is 97.1 cm³/mol. The molecule has 0 radical (unpaired) electrons. The maximum absolute atomic E-state index is 12.9. The van der Waals surface area contributed by atoms with Gasteiger partial charge in [0.15, 0.2) is 0 Å². The normalized spacial score (nSPS) is 11.5. The molecule has 0 atom stereocenters. The fourth-order valence-electron chi connectivity index (χ4n) is 2.61. The van der Waals surface area contributed by atoms with Crippen molar-refractivity contribution in [1.29, 1.82) is 0 Å². The molecule has 0 bridgehead atoms. The molecule has 1 N–H and O–H groups in total. The van der Waals surface area contributed by atoms with Crippen LogP contribution in [0.3, 0.4) is 0 Å². The van der Waals surface area contributed by atoms with Crippen molar-refractivity contribution in [1.82, 2.24) is 9.55 Å². The number of anilines is 1. The van der Waals surface area contributed by atoms with Gasteiger partial charge in [0, 0.05) is 5.69 Å². The number of aromatic nitrogens is 2. The monoisotopic (exact) mass is 359 g/mol. The van der Waals surface area contributed by atoms with Crippen LogP contribution < -0.4 is 15.0 Å². The molecule has 0 amide bonds. The van der Waals surface area contributed by atoms with Crippen molar-refractivity contribution >= 4 is 26.6 Å². The summed E-state index contributed by atoms with van der Waals surface area (Å²) in [6, 6.07) is 11.7. The number of ether oxygens (including phenoxy) is 1. The van der Waals surface area contributed by atoms with Crippen molar-refractivity contribution in [3.05, 3.63) is 58.6 Å². The Kier molecular flexibility index (Phi) is 4.22. The number of methoxy groups -OCH3 is 1. The van der Waals surface area contributed by atoms with Crippen molar-refractivity contribution in [3.63, 3.8) is 0 Å². The zero-order valence-electron chi connectivity index (χ0n) is 14.0. The zero-order chi connectivity index (χ0) is 18.2. The number of nitrogens with one attached hydrogen (secondary N) is 1. The number of hydrogen-bond donors (Lipinski definition) is 1. The van der Waals surface area contributed by atoms with Gasteiger partial charge in [-0.1, -0.05) is 0 Å². The first-order valence-electron chi connectivity index (χ1n) is 7.44. The highest BCUT2D eigenvalue weighted by Crippen LogP contribution is 2.19. The molecule has 0 saturated carbocycles. The van der Waals surface area contributed by atoms with Crippen LogP contribution >= 0.6 is 0 Å². The van der Waals surface area contributed by atoms with Crippen LogP contribution in [0.25, 0.3) is 16.6 Å². The van der Waals surface area contributed by atoms with Crippen molar-refractivity contribution in [3.8, 4) is 11.4 Å². The van der Waals surface area contributed by atoms with E-state index >= 15 is 0 Å². The third-order valence-corrected chi connectivity index (χ3v) is 4.28. The summed E-state index contributed by atoms with van der Waals surface area (Å²) in [4.78, 5) is 17.4. The fourth-order valence-corrected chi connectivity index (χ4v) is 3.16. The number of sulfonamides is 1. The number of fused-ring (bicyclic) bond motifs is 1. The van der Waals surface area contributed by atoms with Crippen LogP contribution in [0.4, 0.5) is 5.69 Å². The molecular weight excluding hydrogens is 342 g/mol. The molecule has 1 heterocycles. The summed E-state index contributed by atoms with van der Waals surface area (Å²) in [5.41, 5.74) is 1.20. The lowest BCUT2D eigenvalue weighted by Crippen LogP contribution is -2.22. The maximum Gasteiger partial charge on any atom is 0.266 e. The lowest BCUT2D eigenvalue weighted by Gasteiger charge is -2.12. The van der Waals surface area contributed by atoms with Gasteiger partial charge in [0.2, 0.25) is 10.0 Å². The van der Waals surface area contributed by atoms with E-state index in [1.54, 1.807) is 50.4 Å². The third kappa shape index (κ3) is 3.48.